The van der Waals surface area contributed by atoms with Gasteiger partial charge in [0.25, 0.3) is 0 Å². The molecule has 1 saturated carbocycles. The van der Waals surface area contributed by atoms with Crippen molar-refractivity contribution in [2.24, 2.45) is 5.41 Å². The first-order chi connectivity index (χ1) is 8.83. The summed E-state index contributed by atoms with van der Waals surface area (Å²) < 4.78 is 5.66. The van der Waals surface area contributed by atoms with Crippen LogP contribution in [0.15, 0.2) is 24.3 Å². The molecular formula is C15H18N2O. The van der Waals surface area contributed by atoms with E-state index in [9.17, 15) is 0 Å². The molecule has 3 heteroatoms. The lowest BCUT2D eigenvalue weighted by Crippen LogP contribution is -2.31. The van der Waals surface area contributed by atoms with Gasteiger partial charge in [0.2, 0.25) is 0 Å². The third-order valence-electron chi connectivity index (χ3n) is 4.09. The van der Waals surface area contributed by atoms with Crippen LogP contribution in [-0.4, -0.2) is 13.2 Å². The maximum absolute atomic E-state index is 8.84. The van der Waals surface area contributed by atoms with Crippen molar-refractivity contribution in [3.05, 3.63) is 29.8 Å². The maximum atomic E-state index is 8.84. The van der Waals surface area contributed by atoms with Crippen molar-refractivity contribution in [3.63, 3.8) is 0 Å². The summed E-state index contributed by atoms with van der Waals surface area (Å²) in [7, 11) is 0. The quantitative estimate of drug-likeness (QED) is 0.883. The molecule has 1 atom stereocenters. The van der Waals surface area contributed by atoms with Crippen LogP contribution >= 0.6 is 0 Å². The SMILES string of the molecule is N#CCC1(CNC2CCOc3ccccc32)CC1. The average Bonchev–Trinajstić information content (AvgIpc) is 3.17. The predicted molar refractivity (Wildman–Crippen MR) is 69.2 cm³/mol. The molecule has 1 fully saturated rings. The molecule has 1 unspecified atom stereocenters. The Bertz CT molecular complexity index is 474. The molecular weight excluding hydrogens is 224 g/mol. The standard InChI is InChI=1S/C15H18N2O/c16-9-8-15(6-7-15)11-17-13-5-10-18-14-4-2-1-3-12(13)14/h1-4,13,17H,5-8,10-11H2. The van der Waals surface area contributed by atoms with E-state index in [0.717, 1.165) is 25.3 Å². The van der Waals surface area contributed by atoms with Gasteiger partial charge in [-0.1, -0.05) is 18.2 Å². The Hall–Kier alpha value is -1.53. The van der Waals surface area contributed by atoms with Gasteiger partial charge in [0.1, 0.15) is 5.75 Å². The van der Waals surface area contributed by atoms with Crippen LogP contribution < -0.4 is 10.1 Å². The largest absolute Gasteiger partial charge is 0.493 e. The van der Waals surface area contributed by atoms with Crippen LogP contribution in [-0.2, 0) is 0 Å². The van der Waals surface area contributed by atoms with Gasteiger partial charge in [-0.3, -0.25) is 0 Å². The van der Waals surface area contributed by atoms with Gasteiger partial charge in [-0.05, 0) is 24.3 Å². The van der Waals surface area contributed by atoms with Gasteiger partial charge >= 0.3 is 0 Å². The van der Waals surface area contributed by atoms with E-state index in [0.29, 0.717) is 12.5 Å². The van der Waals surface area contributed by atoms with Crippen molar-refractivity contribution in [2.45, 2.75) is 31.7 Å². The summed E-state index contributed by atoms with van der Waals surface area (Å²) in [6, 6.07) is 10.9. The number of para-hydroxylation sites is 1. The van der Waals surface area contributed by atoms with Crippen LogP contribution in [0, 0.1) is 16.7 Å². The normalized spacial score (nSPS) is 23.6. The predicted octanol–water partition coefficient (Wildman–Crippen LogP) is 2.79. The minimum absolute atomic E-state index is 0.266. The van der Waals surface area contributed by atoms with Crippen LogP contribution in [0.5, 0.6) is 5.75 Å². The van der Waals surface area contributed by atoms with Crippen molar-refractivity contribution in [2.75, 3.05) is 13.2 Å². The van der Waals surface area contributed by atoms with E-state index in [-0.39, 0.29) is 5.41 Å². The highest BCUT2D eigenvalue weighted by Gasteiger charge is 2.42. The second-order valence-electron chi connectivity index (χ2n) is 5.44. The van der Waals surface area contributed by atoms with Gasteiger partial charge in [0.15, 0.2) is 0 Å². The highest BCUT2D eigenvalue weighted by Crippen LogP contribution is 2.48. The second kappa shape index (κ2) is 4.62. The molecule has 1 aliphatic heterocycles. The Kier molecular flexibility index (Phi) is 2.97. The first-order valence-corrected chi connectivity index (χ1v) is 6.65. The van der Waals surface area contributed by atoms with Crippen LogP contribution in [0.4, 0.5) is 0 Å². The molecule has 3 nitrogen and oxygen atoms in total. The summed E-state index contributed by atoms with van der Waals surface area (Å²) >= 11 is 0. The van der Waals surface area contributed by atoms with E-state index in [4.69, 9.17) is 10.00 Å². The number of hydrogen-bond acceptors (Lipinski definition) is 3. The van der Waals surface area contributed by atoms with Gasteiger partial charge < -0.3 is 10.1 Å². The Morgan fingerprint density at radius 2 is 2.22 bits per heavy atom. The van der Waals surface area contributed by atoms with E-state index >= 15 is 0 Å². The third-order valence-corrected chi connectivity index (χ3v) is 4.09. The fourth-order valence-corrected chi connectivity index (χ4v) is 2.65. The topological polar surface area (TPSA) is 45.0 Å². The van der Waals surface area contributed by atoms with Crippen molar-refractivity contribution in [3.8, 4) is 11.8 Å². The first-order valence-electron chi connectivity index (χ1n) is 6.65. The third kappa shape index (κ3) is 2.21. The zero-order chi connectivity index (χ0) is 12.4. The van der Waals surface area contributed by atoms with Crippen LogP contribution in [0.1, 0.15) is 37.3 Å². The highest BCUT2D eigenvalue weighted by atomic mass is 16.5. The number of rotatable bonds is 4. The maximum Gasteiger partial charge on any atom is 0.124 e. The summed E-state index contributed by atoms with van der Waals surface area (Å²) in [5.41, 5.74) is 1.53. The Balaban J connectivity index is 1.66. The van der Waals surface area contributed by atoms with Crippen LogP contribution in [0.2, 0.25) is 0 Å². The number of nitrogens with zero attached hydrogens (tertiary/aromatic N) is 1. The van der Waals surface area contributed by atoms with Crippen molar-refractivity contribution in [1.82, 2.24) is 5.32 Å². The van der Waals surface area contributed by atoms with E-state index in [1.165, 1.54) is 18.4 Å². The lowest BCUT2D eigenvalue weighted by atomic mass is 9.98. The molecule has 0 bridgehead atoms. The zero-order valence-electron chi connectivity index (χ0n) is 10.5. The molecule has 0 saturated heterocycles. The summed E-state index contributed by atoms with van der Waals surface area (Å²) in [6.45, 7) is 1.74. The summed E-state index contributed by atoms with van der Waals surface area (Å²) in [6.07, 6.45) is 4.08. The molecule has 94 valence electrons. The van der Waals surface area contributed by atoms with Gasteiger partial charge in [-0.25, -0.2) is 0 Å². The van der Waals surface area contributed by atoms with Gasteiger partial charge in [0.05, 0.1) is 12.7 Å². The zero-order valence-corrected chi connectivity index (χ0v) is 10.5. The molecule has 1 aromatic rings. The number of nitriles is 1. The lowest BCUT2D eigenvalue weighted by molar-refractivity contribution is 0.247. The molecule has 18 heavy (non-hydrogen) atoms. The molecule has 1 N–H and O–H groups in total. The van der Waals surface area contributed by atoms with Crippen molar-refractivity contribution < 1.29 is 4.74 Å². The molecule has 0 amide bonds. The Morgan fingerprint density at radius 3 is 3.00 bits per heavy atom. The van der Waals surface area contributed by atoms with E-state index in [1.54, 1.807) is 0 Å². The monoisotopic (exact) mass is 242 g/mol. The summed E-state index contributed by atoms with van der Waals surface area (Å²) in [5, 5.41) is 12.5. The lowest BCUT2D eigenvalue weighted by Gasteiger charge is -2.28. The molecule has 0 aromatic heterocycles. The Labute approximate surface area is 108 Å². The van der Waals surface area contributed by atoms with Crippen LogP contribution in [0.25, 0.3) is 0 Å². The molecule has 1 aliphatic carbocycles. The minimum Gasteiger partial charge on any atom is -0.493 e. The molecule has 2 aliphatic rings. The summed E-state index contributed by atoms with van der Waals surface area (Å²) in [4.78, 5) is 0. The fourth-order valence-electron chi connectivity index (χ4n) is 2.65. The van der Waals surface area contributed by atoms with Gasteiger partial charge in [-0.15, -0.1) is 0 Å². The number of fused-ring (bicyclic) bond motifs is 1. The molecule has 3 rings (SSSR count). The second-order valence-corrected chi connectivity index (χ2v) is 5.44. The summed E-state index contributed by atoms with van der Waals surface area (Å²) in [5.74, 6) is 1.01. The minimum atomic E-state index is 0.266. The molecule has 0 radical (unpaired) electrons. The number of hydrogen-bond donors (Lipinski definition) is 1. The molecule has 1 aromatic carbocycles. The number of nitrogens with one attached hydrogen (secondary N) is 1. The van der Waals surface area contributed by atoms with E-state index < -0.39 is 0 Å². The van der Waals surface area contributed by atoms with E-state index in [2.05, 4.69) is 23.5 Å². The van der Waals surface area contributed by atoms with Crippen molar-refractivity contribution in [1.29, 1.82) is 5.26 Å². The smallest absolute Gasteiger partial charge is 0.124 e. The first kappa shape index (κ1) is 11.6. The van der Waals surface area contributed by atoms with Gasteiger partial charge in [-0.2, -0.15) is 5.26 Å². The number of ether oxygens (including phenoxy) is 1. The van der Waals surface area contributed by atoms with Crippen LogP contribution in [0.3, 0.4) is 0 Å². The molecule has 1 heterocycles. The van der Waals surface area contributed by atoms with E-state index in [1.807, 2.05) is 12.1 Å². The average molecular weight is 242 g/mol. The van der Waals surface area contributed by atoms with Gasteiger partial charge in [0, 0.05) is 31.0 Å². The van der Waals surface area contributed by atoms with Crippen molar-refractivity contribution >= 4 is 0 Å². The molecule has 0 spiro atoms. The Morgan fingerprint density at radius 1 is 1.39 bits per heavy atom. The highest BCUT2D eigenvalue weighted by molar-refractivity contribution is 5.37. The fraction of sp³-hybridized carbons (Fsp3) is 0.533. The number of benzene rings is 1.